The average Bonchev–Trinajstić information content (AvgIpc) is 1.64. The zero-order chi connectivity index (χ0) is 62.0. The van der Waals surface area contributed by atoms with Gasteiger partial charge in [0.2, 0.25) is 6.71 Å². The molecule has 0 saturated carbocycles. The second kappa shape index (κ2) is 20.0. The third kappa shape index (κ3) is 9.30. The third-order valence-electron chi connectivity index (χ3n) is 19.5. The van der Waals surface area contributed by atoms with Gasteiger partial charge in [0, 0.05) is 71.8 Å². The molecule has 2 aliphatic heterocycles. The number of para-hydroxylation sites is 1. The fraction of sp³-hybridized carbons (Fsp3) is 0.268. The summed E-state index contributed by atoms with van der Waals surface area (Å²) in [6.07, 6.45) is 5.95. The van der Waals surface area contributed by atoms with Crippen molar-refractivity contribution in [2.45, 2.75) is 143 Å². The van der Waals surface area contributed by atoms with Gasteiger partial charge in [-0.2, -0.15) is 0 Å². The first kappa shape index (κ1) is 57.0. The number of nitrogens with zero attached hydrogens (tertiary/aromatic N) is 4. The normalized spacial score (nSPS) is 15.3. The van der Waals surface area contributed by atoms with Crippen molar-refractivity contribution >= 4 is 122 Å². The quantitative estimate of drug-likeness (QED) is 0.149. The lowest BCUT2D eigenvalue weighted by Gasteiger charge is -2.47. The molecule has 0 radical (unpaired) electrons. The molecule has 1 unspecified atom stereocenters. The highest BCUT2D eigenvalue weighted by Gasteiger charge is 2.49. The van der Waals surface area contributed by atoms with E-state index in [1.54, 1.807) is 0 Å². The fourth-order valence-corrected chi connectivity index (χ4v) is 15.8. The number of benzene rings is 9. The lowest BCUT2D eigenvalue weighted by Crippen LogP contribution is -2.57. The molecule has 0 bridgehead atoms. The average molecular weight is 1180 g/mol. The van der Waals surface area contributed by atoms with E-state index in [1.807, 2.05) is 11.3 Å². The number of hydrogen-bond acceptors (Lipinski definition) is 5. The Morgan fingerprint density at radius 3 is 1.48 bits per heavy atom. The van der Waals surface area contributed by atoms with Gasteiger partial charge in [0.1, 0.15) is 11.1 Å². The van der Waals surface area contributed by atoms with Crippen LogP contribution < -0.4 is 25.6 Å². The van der Waals surface area contributed by atoms with Crippen molar-refractivity contribution in [3.63, 3.8) is 0 Å². The van der Waals surface area contributed by atoms with Gasteiger partial charge in [0.25, 0.3) is 0 Å². The molecule has 3 aromatic heterocycles. The van der Waals surface area contributed by atoms with Gasteiger partial charge in [-0.25, -0.2) is 0 Å². The molecule has 9 aromatic carbocycles. The first-order valence-corrected chi connectivity index (χ1v) is 32.9. The van der Waals surface area contributed by atoms with Gasteiger partial charge in [0.15, 0.2) is 5.58 Å². The summed E-state index contributed by atoms with van der Waals surface area (Å²) in [5.74, 6) is 0.0463. The maximum absolute atomic E-state index is 7.21. The van der Waals surface area contributed by atoms with Crippen LogP contribution in [0.4, 0.5) is 39.8 Å². The van der Waals surface area contributed by atoms with Crippen LogP contribution in [0.1, 0.15) is 138 Å². The lowest BCUT2D eigenvalue weighted by molar-refractivity contribution is 0.590. The van der Waals surface area contributed by atoms with E-state index >= 15 is 0 Å². The van der Waals surface area contributed by atoms with Crippen LogP contribution >= 0.6 is 11.3 Å². The van der Waals surface area contributed by atoms with Crippen LogP contribution in [0.25, 0.3) is 58.8 Å². The second-order valence-electron chi connectivity index (χ2n) is 30.7. The first-order valence-electron chi connectivity index (χ1n) is 32.1. The smallest absolute Gasteiger partial charge is 0.226 e. The third-order valence-corrected chi connectivity index (χ3v) is 20.7. The molecule has 7 heteroatoms. The molecule has 0 fully saturated rings. The van der Waals surface area contributed by atoms with Gasteiger partial charge in [-0.05, 0) is 175 Å². The minimum absolute atomic E-state index is 0.00485. The van der Waals surface area contributed by atoms with Crippen LogP contribution in [0, 0.1) is 0 Å². The van der Waals surface area contributed by atoms with E-state index in [4.69, 9.17) is 4.42 Å². The Morgan fingerprint density at radius 1 is 0.438 bits per heavy atom. The van der Waals surface area contributed by atoms with E-state index in [9.17, 15) is 0 Å². The summed E-state index contributed by atoms with van der Waals surface area (Å²) >= 11 is 1.91. The Bertz CT molecular complexity index is 4770. The summed E-state index contributed by atoms with van der Waals surface area (Å²) in [6.45, 7) is 34.7. The van der Waals surface area contributed by atoms with Crippen molar-refractivity contribution in [1.29, 1.82) is 0 Å². The van der Waals surface area contributed by atoms with Gasteiger partial charge >= 0.3 is 0 Å². The van der Waals surface area contributed by atoms with Crippen LogP contribution in [0.3, 0.4) is 0 Å². The summed E-state index contributed by atoms with van der Waals surface area (Å²) in [5, 5.41) is 4.85. The number of anilines is 7. The topological polar surface area (TPSA) is 27.8 Å². The van der Waals surface area contributed by atoms with Gasteiger partial charge < -0.3 is 23.7 Å². The van der Waals surface area contributed by atoms with Crippen LogP contribution in [-0.4, -0.2) is 11.3 Å². The number of furan rings is 1. The summed E-state index contributed by atoms with van der Waals surface area (Å²) < 4.78 is 12.4. The van der Waals surface area contributed by atoms with E-state index in [0.29, 0.717) is 0 Å². The SMILES string of the molecule is CC(C)(C)c1ccc(N(C2=CCC3B4c5c(cc(N(c6ccc(C(C)(C)C)cc6)c6ccc(C(C)(C)C)cc6)cc5-n5c6c4cc(C(C)(C)C)cc6c4oc6ccccc6c45)N(c4cccc5c4sc4ccccc45)C3=C2)c2ccc(C(C)(C)C)cc2)cc1. The number of aromatic nitrogens is 1. The number of fused-ring (bicyclic) bond motifs is 12. The molecule has 1 aliphatic carbocycles. The van der Waals surface area contributed by atoms with E-state index in [-0.39, 0.29) is 39.6 Å². The summed E-state index contributed by atoms with van der Waals surface area (Å²) in [6, 6.07) is 72.3. The molecule has 5 heterocycles. The molecular weight excluding hydrogens is 1100 g/mol. The van der Waals surface area contributed by atoms with Crippen molar-refractivity contribution in [1.82, 2.24) is 4.57 Å². The molecule has 5 nitrogen and oxygen atoms in total. The Hall–Kier alpha value is -8.52. The fourth-order valence-electron chi connectivity index (χ4n) is 14.6. The summed E-state index contributed by atoms with van der Waals surface area (Å²) in [5.41, 5.74) is 24.8. The predicted molar refractivity (Wildman–Crippen MR) is 385 cm³/mol. The van der Waals surface area contributed by atoms with E-state index in [2.05, 4.69) is 323 Å². The first-order chi connectivity index (χ1) is 42.3. The molecule has 89 heavy (non-hydrogen) atoms. The second-order valence-corrected chi connectivity index (χ2v) is 31.7. The lowest BCUT2D eigenvalue weighted by atomic mass is 9.29. The van der Waals surface area contributed by atoms with Crippen molar-refractivity contribution < 1.29 is 4.42 Å². The van der Waals surface area contributed by atoms with Crippen molar-refractivity contribution in [3.8, 4) is 5.69 Å². The predicted octanol–water partition coefficient (Wildman–Crippen LogP) is 22.3. The van der Waals surface area contributed by atoms with Crippen molar-refractivity contribution in [2.24, 2.45) is 0 Å². The molecule has 1 atom stereocenters. The highest BCUT2D eigenvalue weighted by atomic mass is 32.1. The standard InChI is InChI=1S/C82H81BN4OS/c1-78(2,3)50-27-35-55(36-28-50)84(56-37-29-51(30-38-56)79(4,5)6)59-43-44-65-68(47-59)86(67-24-20-23-62-61-21-17-19-26-72(61)89-77(62)67)69-48-60(85(57-39-31-52(32-40-57)80(7,8)9)58-41-33-53(34-42-58)81(10,11)12)49-70-73(69)83(65)66-46-54(82(13,14)15)45-64-74(66)87(70)75-63-22-16-18-25-71(63)88-76(64)75/h16-43,45-49,65H,44H2,1-15H3. The molecule has 0 spiro atoms. The molecular formula is C82H81BN4OS. The number of allylic oxidation sites excluding steroid dienone is 3. The molecule has 0 saturated heterocycles. The zero-order valence-corrected chi connectivity index (χ0v) is 55.3. The monoisotopic (exact) mass is 1180 g/mol. The molecule has 3 aliphatic rings. The van der Waals surface area contributed by atoms with Gasteiger partial charge in [-0.15, -0.1) is 11.3 Å². The van der Waals surface area contributed by atoms with Crippen molar-refractivity contribution in [3.05, 3.63) is 239 Å². The number of hydrogen-bond donors (Lipinski definition) is 0. The van der Waals surface area contributed by atoms with Crippen LogP contribution in [-0.2, 0) is 27.1 Å². The Balaban J connectivity index is 1.08. The highest BCUT2D eigenvalue weighted by molar-refractivity contribution is 7.26. The van der Waals surface area contributed by atoms with E-state index < -0.39 is 0 Å². The van der Waals surface area contributed by atoms with Crippen LogP contribution in [0.15, 0.2) is 216 Å². The zero-order valence-electron chi connectivity index (χ0n) is 54.5. The largest absolute Gasteiger partial charge is 0.454 e. The van der Waals surface area contributed by atoms with Crippen LogP contribution in [0.5, 0.6) is 0 Å². The van der Waals surface area contributed by atoms with E-state index in [0.717, 1.165) is 62.6 Å². The molecule has 0 amide bonds. The Kier molecular flexibility index (Phi) is 12.8. The molecule has 444 valence electrons. The Morgan fingerprint density at radius 2 is 0.933 bits per heavy atom. The Labute approximate surface area is 530 Å². The summed E-state index contributed by atoms with van der Waals surface area (Å²) in [7, 11) is 0. The minimum atomic E-state index is -0.148. The molecule has 0 N–H and O–H groups in total. The van der Waals surface area contributed by atoms with Gasteiger partial charge in [-0.3, -0.25) is 0 Å². The van der Waals surface area contributed by atoms with Crippen LogP contribution in [0.2, 0.25) is 5.82 Å². The summed E-state index contributed by atoms with van der Waals surface area (Å²) in [4.78, 5) is 7.76. The number of thiophene rings is 1. The van der Waals surface area contributed by atoms with Gasteiger partial charge in [-0.1, -0.05) is 207 Å². The molecule has 15 rings (SSSR count). The maximum atomic E-state index is 7.21. The maximum Gasteiger partial charge on any atom is 0.226 e. The molecule has 12 aromatic rings. The van der Waals surface area contributed by atoms with Crippen molar-refractivity contribution in [2.75, 3.05) is 14.7 Å². The number of rotatable bonds is 7. The highest BCUT2D eigenvalue weighted by Crippen LogP contribution is 2.55. The minimum Gasteiger partial charge on any atom is -0.454 e. The van der Waals surface area contributed by atoms with Gasteiger partial charge in [0.05, 0.1) is 21.6 Å². The van der Waals surface area contributed by atoms with E-state index in [1.165, 1.54) is 92.6 Å².